The molecular formula is C39H56O4. The van der Waals surface area contributed by atoms with Gasteiger partial charge in [-0.05, 0) is 123 Å². The molecule has 0 radical (unpaired) electrons. The minimum atomic E-state index is -0.392. The Morgan fingerprint density at radius 1 is 0.814 bits per heavy atom. The van der Waals surface area contributed by atoms with Gasteiger partial charge in [0.2, 0.25) is 0 Å². The Labute approximate surface area is 260 Å². The highest BCUT2D eigenvalue weighted by Gasteiger charge is 2.72. The van der Waals surface area contributed by atoms with Gasteiger partial charge in [0, 0.05) is 12.3 Å². The zero-order valence-corrected chi connectivity index (χ0v) is 28.0. The first-order valence-electron chi connectivity index (χ1n) is 17.2. The van der Waals surface area contributed by atoms with Crippen molar-refractivity contribution in [2.24, 2.45) is 56.7 Å². The van der Waals surface area contributed by atoms with Gasteiger partial charge in [0.05, 0.1) is 5.41 Å². The Morgan fingerprint density at radius 2 is 1.53 bits per heavy atom. The summed E-state index contributed by atoms with van der Waals surface area (Å²) >= 11 is 0. The average Bonchev–Trinajstić information content (AvgIpc) is 3.35. The maximum absolute atomic E-state index is 14.2. The Hall–Kier alpha value is -2.10. The van der Waals surface area contributed by atoms with E-state index in [4.69, 9.17) is 9.47 Å². The van der Waals surface area contributed by atoms with E-state index in [-0.39, 0.29) is 39.7 Å². The Kier molecular flexibility index (Phi) is 7.53. The number of esters is 2. The van der Waals surface area contributed by atoms with Gasteiger partial charge in [-0.3, -0.25) is 9.59 Å². The molecule has 0 bridgehead atoms. The van der Waals surface area contributed by atoms with Crippen LogP contribution in [0.25, 0.3) is 0 Å². The van der Waals surface area contributed by atoms with Gasteiger partial charge < -0.3 is 9.47 Å². The normalized spacial score (nSPS) is 44.6. The average molecular weight is 589 g/mol. The predicted octanol–water partition coefficient (Wildman–Crippen LogP) is 9.32. The van der Waals surface area contributed by atoms with Gasteiger partial charge in [0.15, 0.2) is 0 Å². The van der Waals surface area contributed by atoms with Crippen LogP contribution in [0, 0.1) is 56.7 Å². The van der Waals surface area contributed by atoms with Crippen LogP contribution in [0.5, 0.6) is 0 Å². The summed E-state index contributed by atoms with van der Waals surface area (Å²) in [5.41, 5.74) is 2.51. The van der Waals surface area contributed by atoms with Crippen LogP contribution < -0.4 is 0 Å². The second-order valence-corrected chi connectivity index (χ2v) is 16.9. The first kappa shape index (κ1) is 30.9. The maximum Gasteiger partial charge on any atom is 0.312 e. The molecule has 1 aromatic carbocycles. The van der Waals surface area contributed by atoms with Gasteiger partial charge >= 0.3 is 11.9 Å². The van der Waals surface area contributed by atoms with E-state index < -0.39 is 5.41 Å². The monoisotopic (exact) mass is 588 g/mol. The van der Waals surface area contributed by atoms with E-state index in [1.54, 1.807) is 6.92 Å². The molecule has 0 heterocycles. The minimum absolute atomic E-state index is 0.00589. The van der Waals surface area contributed by atoms with Crippen LogP contribution in [0.3, 0.4) is 0 Å². The van der Waals surface area contributed by atoms with E-state index in [0.29, 0.717) is 36.2 Å². The topological polar surface area (TPSA) is 52.6 Å². The lowest BCUT2D eigenvalue weighted by molar-refractivity contribution is -0.250. The quantitative estimate of drug-likeness (QED) is 0.254. The fourth-order valence-corrected chi connectivity index (χ4v) is 12.8. The molecule has 0 aromatic heterocycles. The van der Waals surface area contributed by atoms with Crippen LogP contribution in [-0.2, 0) is 25.7 Å². The van der Waals surface area contributed by atoms with Gasteiger partial charge in [0.25, 0.3) is 0 Å². The summed E-state index contributed by atoms with van der Waals surface area (Å²) in [4.78, 5) is 26.2. The lowest BCUT2D eigenvalue weighted by Gasteiger charge is -2.72. The van der Waals surface area contributed by atoms with Gasteiger partial charge in [-0.15, -0.1) is 0 Å². The highest BCUT2D eigenvalue weighted by atomic mass is 16.5. The van der Waals surface area contributed by atoms with Crippen LogP contribution in [0.15, 0.2) is 42.5 Å². The van der Waals surface area contributed by atoms with Gasteiger partial charge in [-0.25, -0.2) is 0 Å². The molecule has 4 nitrogen and oxygen atoms in total. The third-order valence-corrected chi connectivity index (χ3v) is 14.9. The number of ether oxygens (including phenoxy) is 2. The molecule has 0 spiro atoms. The van der Waals surface area contributed by atoms with Crippen molar-refractivity contribution in [3.8, 4) is 0 Å². The zero-order valence-electron chi connectivity index (χ0n) is 28.0. The van der Waals surface area contributed by atoms with Gasteiger partial charge in [-0.2, -0.15) is 0 Å². The molecule has 1 aromatic rings. The maximum atomic E-state index is 14.2. The van der Waals surface area contributed by atoms with Crippen molar-refractivity contribution in [3.63, 3.8) is 0 Å². The number of rotatable bonds is 5. The van der Waals surface area contributed by atoms with Crippen LogP contribution in [-0.4, -0.2) is 18.0 Å². The molecule has 0 N–H and O–H groups in total. The smallest absolute Gasteiger partial charge is 0.312 e. The molecule has 5 aliphatic carbocycles. The third kappa shape index (κ3) is 4.42. The second kappa shape index (κ2) is 10.5. The molecular weight excluding hydrogens is 532 g/mol. The summed E-state index contributed by atoms with van der Waals surface area (Å²) in [6.07, 6.45) is 11.0. The molecule has 0 saturated heterocycles. The molecule has 6 rings (SSSR count). The van der Waals surface area contributed by atoms with E-state index in [1.165, 1.54) is 31.3 Å². The van der Waals surface area contributed by atoms with Crippen molar-refractivity contribution in [2.45, 2.75) is 125 Å². The Balaban J connectivity index is 1.31. The highest BCUT2D eigenvalue weighted by Crippen LogP contribution is 2.77. The summed E-state index contributed by atoms with van der Waals surface area (Å²) < 4.78 is 12.1. The number of fused-ring (bicyclic) bond motifs is 7. The van der Waals surface area contributed by atoms with Crippen LogP contribution in [0.1, 0.15) is 118 Å². The molecule has 0 aliphatic heterocycles. The molecule has 236 valence electrons. The van der Waals surface area contributed by atoms with Crippen molar-refractivity contribution in [1.29, 1.82) is 0 Å². The fourth-order valence-electron chi connectivity index (χ4n) is 12.8. The first-order valence-corrected chi connectivity index (χ1v) is 17.2. The van der Waals surface area contributed by atoms with Crippen molar-refractivity contribution in [1.82, 2.24) is 0 Å². The minimum Gasteiger partial charge on any atom is -0.462 e. The fraction of sp³-hybridized carbons (Fsp3) is 0.744. The SMILES string of the molecule is C=C(C)[C@@H]1CC[C@]2(C(=O)OCc3ccccc3)CC[C@]3(C)C(CCC4[C@@]5(C)CC[C@@H](OC(C)=O)C(C)(C)C5CC[C@]43C)C12. The van der Waals surface area contributed by atoms with Crippen molar-refractivity contribution in [2.75, 3.05) is 0 Å². The van der Waals surface area contributed by atoms with Crippen LogP contribution >= 0.6 is 0 Å². The summed E-state index contributed by atoms with van der Waals surface area (Å²) in [5.74, 6) is 2.28. The van der Waals surface area contributed by atoms with E-state index in [9.17, 15) is 9.59 Å². The molecule has 4 unspecified atom stereocenters. The molecule has 0 amide bonds. The van der Waals surface area contributed by atoms with E-state index in [0.717, 1.165) is 44.1 Å². The zero-order chi connectivity index (χ0) is 31.0. The Morgan fingerprint density at radius 3 is 2.21 bits per heavy atom. The molecule has 10 atom stereocenters. The van der Waals surface area contributed by atoms with Crippen LogP contribution in [0.2, 0.25) is 0 Å². The van der Waals surface area contributed by atoms with Crippen molar-refractivity contribution in [3.05, 3.63) is 48.0 Å². The summed E-state index contributed by atoms with van der Waals surface area (Å²) in [6.45, 7) is 21.2. The lowest BCUT2D eigenvalue weighted by atomic mass is 9.32. The van der Waals surface area contributed by atoms with Gasteiger partial charge in [-0.1, -0.05) is 77.1 Å². The Bertz CT molecular complexity index is 1270. The van der Waals surface area contributed by atoms with E-state index >= 15 is 0 Å². The number of carbonyl (C=O) groups excluding carboxylic acids is 2. The summed E-state index contributed by atoms with van der Waals surface area (Å²) in [6, 6.07) is 10.1. The van der Waals surface area contributed by atoms with E-state index in [1.807, 2.05) is 30.3 Å². The van der Waals surface area contributed by atoms with Crippen molar-refractivity contribution >= 4 is 11.9 Å². The standard InChI is InChI=1S/C39H56O4/c1-25(2)28-16-21-39(34(41)42-24-27-12-10-9-11-13-27)23-22-37(7)29(33(28)39)14-15-31-36(6)19-18-32(43-26(3)40)35(4,5)30(36)17-20-38(31,37)8/h9-13,28-33H,1,14-24H2,2-8H3/t28-,29?,30?,31?,32+,33?,36-,37+,38+,39-/m0/s1. The summed E-state index contributed by atoms with van der Waals surface area (Å²) in [7, 11) is 0. The summed E-state index contributed by atoms with van der Waals surface area (Å²) in [5, 5.41) is 0. The second-order valence-electron chi connectivity index (χ2n) is 16.9. The third-order valence-electron chi connectivity index (χ3n) is 14.9. The molecule has 5 saturated carbocycles. The number of allylic oxidation sites excluding steroid dienone is 1. The van der Waals surface area contributed by atoms with E-state index in [2.05, 4.69) is 48.1 Å². The molecule has 4 heteroatoms. The number of hydrogen-bond donors (Lipinski definition) is 0. The van der Waals surface area contributed by atoms with Gasteiger partial charge in [0.1, 0.15) is 12.7 Å². The largest absolute Gasteiger partial charge is 0.462 e. The number of carbonyl (C=O) groups is 2. The first-order chi connectivity index (χ1) is 20.2. The lowest BCUT2D eigenvalue weighted by Crippen LogP contribution is -2.67. The molecule has 5 fully saturated rings. The van der Waals surface area contributed by atoms with Crippen molar-refractivity contribution < 1.29 is 19.1 Å². The number of hydrogen-bond acceptors (Lipinski definition) is 4. The molecule has 43 heavy (non-hydrogen) atoms. The number of benzene rings is 1. The molecule has 5 aliphatic rings. The van der Waals surface area contributed by atoms with Crippen LogP contribution in [0.4, 0.5) is 0 Å². The highest BCUT2D eigenvalue weighted by molar-refractivity contribution is 5.78. The predicted molar refractivity (Wildman–Crippen MR) is 171 cm³/mol.